The number of nitrogens with zero attached hydrogens (tertiary/aromatic N) is 1. The minimum atomic E-state index is -0.300. The van der Waals surface area contributed by atoms with Gasteiger partial charge in [-0.25, -0.2) is 0 Å². The molecule has 0 radical (unpaired) electrons. The van der Waals surface area contributed by atoms with Gasteiger partial charge in [0.05, 0.1) is 6.10 Å². The zero-order valence-electron chi connectivity index (χ0n) is 8.12. The van der Waals surface area contributed by atoms with Crippen LogP contribution in [0.1, 0.15) is 36.3 Å². The Morgan fingerprint density at radius 1 is 1.54 bits per heavy atom. The van der Waals surface area contributed by atoms with Crippen molar-refractivity contribution in [3.05, 3.63) is 29.1 Å². The van der Waals surface area contributed by atoms with Crippen LogP contribution in [0.15, 0.2) is 12.3 Å². The summed E-state index contributed by atoms with van der Waals surface area (Å²) in [4.78, 5) is 4.36. The molecule has 0 spiro atoms. The number of aliphatic hydroxyl groups is 1. The van der Waals surface area contributed by atoms with E-state index in [-0.39, 0.29) is 6.10 Å². The first-order valence-corrected chi connectivity index (χ1v) is 4.80. The predicted octanol–water partition coefficient (Wildman–Crippen LogP) is 2.01. The van der Waals surface area contributed by atoms with E-state index >= 15 is 0 Å². The normalized spacial score (nSPS) is 27.0. The topological polar surface area (TPSA) is 33.1 Å². The van der Waals surface area contributed by atoms with Crippen molar-refractivity contribution in [2.45, 2.75) is 32.8 Å². The van der Waals surface area contributed by atoms with E-state index in [2.05, 4.69) is 18.0 Å². The Balaban J connectivity index is 2.43. The number of aryl methyl sites for hydroxylation is 1. The molecule has 70 valence electrons. The van der Waals surface area contributed by atoms with E-state index in [1.807, 2.05) is 13.1 Å². The lowest BCUT2D eigenvalue weighted by atomic mass is 9.86. The molecule has 2 unspecified atom stereocenters. The monoisotopic (exact) mass is 177 g/mol. The first-order chi connectivity index (χ1) is 6.16. The number of pyridine rings is 1. The third-order valence-electron chi connectivity index (χ3n) is 2.67. The molecule has 1 aromatic rings. The van der Waals surface area contributed by atoms with Gasteiger partial charge in [0.25, 0.3) is 0 Å². The van der Waals surface area contributed by atoms with Crippen molar-refractivity contribution in [1.82, 2.24) is 4.98 Å². The van der Waals surface area contributed by atoms with Crippen LogP contribution in [0.25, 0.3) is 0 Å². The number of hydrogen-bond acceptors (Lipinski definition) is 2. The van der Waals surface area contributed by atoms with Gasteiger partial charge in [0.15, 0.2) is 0 Å². The minimum absolute atomic E-state index is 0.300. The summed E-state index contributed by atoms with van der Waals surface area (Å²) < 4.78 is 0. The van der Waals surface area contributed by atoms with Crippen molar-refractivity contribution < 1.29 is 5.11 Å². The zero-order valence-corrected chi connectivity index (χ0v) is 8.12. The lowest BCUT2D eigenvalue weighted by Crippen LogP contribution is -2.17. The van der Waals surface area contributed by atoms with Crippen LogP contribution in [-0.2, 0) is 6.42 Å². The van der Waals surface area contributed by atoms with Crippen LogP contribution in [0.5, 0.6) is 0 Å². The van der Waals surface area contributed by atoms with Crippen LogP contribution in [0, 0.1) is 12.8 Å². The van der Waals surface area contributed by atoms with Crippen LogP contribution in [0.4, 0.5) is 0 Å². The highest BCUT2D eigenvalue weighted by Crippen LogP contribution is 2.31. The van der Waals surface area contributed by atoms with Gasteiger partial charge in [0, 0.05) is 17.5 Å². The summed E-state index contributed by atoms with van der Waals surface area (Å²) in [5.41, 5.74) is 3.25. The molecule has 0 fully saturated rings. The summed E-state index contributed by atoms with van der Waals surface area (Å²) in [6.07, 6.45) is 3.46. The second-order valence-corrected chi connectivity index (χ2v) is 4.11. The number of hydrogen-bond donors (Lipinski definition) is 1. The van der Waals surface area contributed by atoms with Gasteiger partial charge in [-0.1, -0.05) is 13.0 Å². The average molecular weight is 177 g/mol. The Morgan fingerprint density at radius 2 is 2.31 bits per heavy atom. The van der Waals surface area contributed by atoms with E-state index < -0.39 is 0 Å². The van der Waals surface area contributed by atoms with Gasteiger partial charge in [-0.3, -0.25) is 4.98 Å². The van der Waals surface area contributed by atoms with E-state index in [9.17, 15) is 5.11 Å². The van der Waals surface area contributed by atoms with Crippen molar-refractivity contribution in [2.75, 3.05) is 0 Å². The van der Waals surface area contributed by atoms with Gasteiger partial charge in [0.2, 0.25) is 0 Å². The highest BCUT2D eigenvalue weighted by Gasteiger charge is 2.23. The maximum absolute atomic E-state index is 9.82. The molecule has 2 atom stereocenters. The molecule has 0 aliphatic heterocycles. The molecule has 0 saturated heterocycles. The second-order valence-electron chi connectivity index (χ2n) is 4.11. The molecule has 1 heterocycles. The van der Waals surface area contributed by atoms with E-state index in [0.717, 1.165) is 29.7 Å². The predicted molar refractivity (Wildman–Crippen MR) is 51.4 cm³/mol. The van der Waals surface area contributed by atoms with Gasteiger partial charge < -0.3 is 5.11 Å². The minimum Gasteiger partial charge on any atom is -0.388 e. The quantitative estimate of drug-likeness (QED) is 0.657. The molecule has 2 heteroatoms. The fraction of sp³-hybridized carbons (Fsp3) is 0.545. The highest BCUT2D eigenvalue weighted by molar-refractivity contribution is 5.29. The second kappa shape index (κ2) is 3.11. The van der Waals surface area contributed by atoms with Gasteiger partial charge in [-0.2, -0.15) is 0 Å². The Morgan fingerprint density at radius 3 is 3.08 bits per heavy atom. The summed E-state index contributed by atoms with van der Waals surface area (Å²) in [7, 11) is 0. The van der Waals surface area contributed by atoms with Crippen molar-refractivity contribution in [3.8, 4) is 0 Å². The maximum Gasteiger partial charge on any atom is 0.0810 e. The smallest absolute Gasteiger partial charge is 0.0810 e. The van der Waals surface area contributed by atoms with E-state index in [1.165, 1.54) is 0 Å². The van der Waals surface area contributed by atoms with E-state index in [1.54, 1.807) is 0 Å². The average Bonchev–Trinajstić information content (AvgIpc) is 2.06. The molecule has 2 nitrogen and oxygen atoms in total. The molecule has 1 aliphatic carbocycles. The molecule has 0 aromatic carbocycles. The standard InChI is InChI=1S/C11H15NO/c1-7-4-10-9(11(13)5-7)3-8(2)6-12-10/h3,6-7,11,13H,4-5H2,1-2H3. The SMILES string of the molecule is Cc1cnc2c(c1)C(O)CC(C)C2. The lowest BCUT2D eigenvalue weighted by molar-refractivity contribution is 0.135. The van der Waals surface area contributed by atoms with Gasteiger partial charge in [0.1, 0.15) is 0 Å². The van der Waals surface area contributed by atoms with Gasteiger partial charge >= 0.3 is 0 Å². The summed E-state index contributed by atoms with van der Waals surface area (Å²) >= 11 is 0. The maximum atomic E-state index is 9.82. The molecule has 0 bridgehead atoms. The Labute approximate surface area is 78.6 Å². The Kier molecular flexibility index (Phi) is 2.08. The fourth-order valence-electron chi connectivity index (χ4n) is 2.00. The third kappa shape index (κ3) is 1.59. The number of fused-ring (bicyclic) bond motifs is 1. The molecule has 1 aromatic heterocycles. The third-order valence-corrected chi connectivity index (χ3v) is 2.67. The lowest BCUT2D eigenvalue weighted by Gasteiger charge is -2.25. The molecule has 1 aliphatic rings. The summed E-state index contributed by atoms with van der Waals surface area (Å²) in [5, 5.41) is 9.82. The molecule has 0 saturated carbocycles. The first kappa shape index (κ1) is 8.70. The van der Waals surface area contributed by atoms with Crippen LogP contribution < -0.4 is 0 Å². The van der Waals surface area contributed by atoms with E-state index in [0.29, 0.717) is 5.92 Å². The molecular formula is C11H15NO. The largest absolute Gasteiger partial charge is 0.388 e. The summed E-state index contributed by atoms with van der Waals surface area (Å²) in [6, 6.07) is 2.05. The van der Waals surface area contributed by atoms with Crippen LogP contribution in [-0.4, -0.2) is 10.1 Å². The fourth-order valence-corrected chi connectivity index (χ4v) is 2.00. The number of aromatic nitrogens is 1. The Hall–Kier alpha value is -0.890. The number of aliphatic hydroxyl groups excluding tert-OH is 1. The molecule has 1 N–H and O–H groups in total. The molecule has 13 heavy (non-hydrogen) atoms. The highest BCUT2D eigenvalue weighted by atomic mass is 16.3. The molecular weight excluding hydrogens is 162 g/mol. The number of rotatable bonds is 0. The van der Waals surface area contributed by atoms with Gasteiger partial charge in [-0.05, 0) is 31.2 Å². The summed E-state index contributed by atoms with van der Waals surface area (Å²) in [5.74, 6) is 0.553. The van der Waals surface area contributed by atoms with Crippen LogP contribution in [0.2, 0.25) is 0 Å². The zero-order chi connectivity index (χ0) is 9.42. The van der Waals surface area contributed by atoms with Crippen molar-refractivity contribution in [3.63, 3.8) is 0 Å². The molecule has 2 rings (SSSR count). The van der Waals surface area contributed by atoms with Crippen molar-refractivity contribution in [1.29, 1.82) is 0 Å². The van der Waals surface area contributed by atoms with Crippen molar-refractivity contribution in [2.24, 2.45) is 5.92 Å². The van der Waals surface area contributed by atoms with Crippen LogP contribution in [0.3, 0.4) is 0 Å². The van der Waals surface area contributed by atoms with Crippen LogP contribution >= 0.6 is 0 Å². The van der Waals surface area contributed by atoms with Gasteiger partial charge in [-0.15, -0.1) is 0 Å². The van der Waals surface area contributed by atoms with Crippen molar-refractivity contribution >= 4 is 0 Å². The van der Waals surface area contributed by atoms with E-state index in [4.69, 9.17) is 0 Å². The molecule has 0 amide bonds. The first-order valence-electron chi connectivity index (χ1n) is 4.80. The summed E-state index contributed by atoms with van der Waals surface area (Å²) in [6.45, 7) is 4.17. The Bertz CT molecular complexity index is 322.